The van der Waals surface area contributed by atoms with Gasteiger partial charge in [-0.05, 0) is 12.5 Å². The smallest absolute Gasteiger partial charge is 0.205 e. The van der Waals surface area contributed by atoms with Gasteiger partial charge in [-0.2, -0.15) is 9.65 Å². The van der Waals surface area contributed by atoms with Crippen molar-refractivity contribution in [1.29, 1.82) is 5.26 Å². The molecular formula is C7H5F2N2P. The van der Waals surface area contributed by atoms with E-state index in [1.165, 1.54) is 13.0 Å². The van der Waals surface area contributed by atoms with Crippen LogP contribution in [0.2, 0.25) is 0 Å². The summed E-state index contributed by atoms with van der Waals surface area (Å²) < 4.78 is 25.7. The standard InChI is InChI=1S/C7H5F2N2P/c1-3-5(8)4(2-10)11-7(9)6(3)12/h12H2,1H3. The third-order valence-corrected chi connectivity index (χ3v) is 2.15. The molecule has 0 fully saturated rings. The van der Waals surface area contributed by atoms with Crippen LogP contribution in [-0.4, -0.2) is 4.98 Å². The quantitative estimate of drug-likeness (QED) is 0.448. The lowest BCUT2D eigenvalue weighted by molar-refractivity contribution is 0.559. The number of rotatable bonds is 0. The van der Waals surface area contributed by atoms with Crippen molar-refractivity contribution >= 4 is 14.5 Å². The van der Waals surface area contributed by atoms with Crippen molar-refractivity contribution in [2.75, 3.05) is 0 Å². The SMILES string of the molecule is Cc1c(F)c(C#N)nc(F)c1P. The van der Waals surface area contributed by atoms with Crippen LogP contribution in [-0.2, 0) is 0 Å². The fraction of sp³-hybridized carbons (Fsp3) is 0.143. The number of nitrogens with zero attached hydrogens (tertiary/aromatic N) is 2. The Morgan fingerprint density at radius 3 is 2.58 bits per heavy atom. The highest BCUT2D eigenvalue weighted by atomic mass is 31.0. The lowest BCUT2D eigenvalue weighted by Crippen LogP contribution is -2.11. The number of nitriles is 1. The molecule has 0 bridgehead atoms. The highest BCUT2D eigenvalue weighted by Crippen LogP contribution is 2.10. The first-order valence-electron chi connectivity index (χ1n) is 3.09. The van der Waals surface area contributed by atoms with Gasteiger partial charge in [0.05, 0.1) is 0 Å². The lowest BCUT2D eigenvalue weighted by Gasteiger charge is -2.02. The van der Waals surface area contributed by atoms with Gasteiger partial charge in [0.25, 0.3) is 0 Å². The summed E-state index contributed by atoms with van der Waals surface area (Å²) in [6, 6.07) is 1.47. The third-order valence-electron chi connectivity index (χ3n) is 1.48. The van der Waals surface area contributed by atoms with Gasteiger partial charge < -0.3 is 0 Å². The first-order chi connectivity index (χ1) is 5.57. The zero-order chi connectivity index (χ0) is 9.30. The predicted molar refractivity (Wildman–Crippen MR) is 42.9 cm³/mol. The molecule has 0 aliphatic carbocycles. The van der Waals surface area contributed by atoms with E-state index in [9.17, 15) is 8.78 Å². The summed E-state index contributed by atoms with van der Waals surface area (Å²) in [4.78, 5) is 3.13. The third kappa shape index (κ3) is 1.28. The van der Waals surface area contributed by atoms with E-state index in [2.05, 4.69) is 4.98 Å². The Kier molecular flexibility index (Phi) is 2.35. The van der Waals surface area contributed by atoms with Gasteiger partial charge in [0.15, 0.2) is 11.5 Å². The molecule has 1 aromatic rings. The normalized spacial score (nSPS) is 9.58. The predicted octanol–water partition coefficient (Wildman–Crippen LogP) is 1.04. The lowest BCUT2D eigenvalue weighted by atomic mass is 10.2. The van der Waals surface area contributed by atoms with Crippen molar-refractivity contribution in [3.63, 3.8) is 0 Å². The average Bonchev–Trinajstić information content (AvgIpc) is 2.08. The minimum absolute atomic E-state index is 0.0616. The van der Waals surface area contributed by atoms with Gasteiger partial charge in [0.2, 0.25) is 5.95 Å². The van der Waals surface area contributed by atoms with Gasteiger partial charge in [-0.25, -0.2) is 9.37 Å². The Hall–Kier alpha value is -1.07. The molecule has 0 aromatic carbocycles. The topological polar surface area (TPSA) is 36.7 Å². The molecule has 0 saturated heterocycles. The monoisotopic (exact) mass is 186 g/mol. The van der Waals surface area contributed by atoms with Crippen molar-refractivity contribution in [2.24, 2.45) is 0 Å². The van der Waals surface area contributed by atoms with Crippen LogP contribution in [0.15, 0.2) is 0 Å². The molecule has 2 nitrogen and oxygen atoms in total. The summed E-state index contributed by atoms with van der Waals surface area (Å²) in [5.74, 6) is -1.58. The maximum atomic E-state index is 13.0. The Bertz CT molecular complexity index is 371. The highest BCUT2D eigenvalue weighted by Gasteiger charge is 2.13. The molecule has 5 heteroatoms. The molecule has 12 heavy (non-hydrogen) atoms. The summed E-state index contributed by atoms with van der Waals surface area (Å²) in [5.41, 5.74) is -0.403. The summed E-state index contributed by atoms with van der Waals surface area (Å²) >= 11 is 0. The van der Waals surface area contributed by atoms with Gasteiger partial charge in [-0.3, -0.25) is 0 Å². The highest BCUT2D eigenvalue weighted by molar-refractivity contribution is 7.27. The van der Waals surface area contributed by atoms with Crippen LogP contribution in [0.3, 0.4) is 0 Å². The molecule has 1 unspecified atom stereocenters. The molecular weight excluding hydrogens is 181 g/mol. The Balaban J connectivity index is 3.52. The van der Waals surface area contributed by atoms with Gasteiger partial charge in [-0.15, -0.1) is 9.24 Å². The first-order valence-corrected chi connectivity index (χ1v) is 3.66. The first kappa shape index (κ1) is 9.02. The maximum absolute atomic E-state index is 13.0. The minimum atomic E-state index is -0.824. The molecule has 0 amide bonds. The summed E-state index contributed by atoms with van der Waals surface area (Å²) in [5, 5.41) is 8.39. The fourth-order valence-electron chi connectivity index (χ4n) is 0.732. The van der Waals surface area contributed by atoms with Crippen LogP contribution in [0, 0.1) is 30.0 Å². The number of halogens is 2. The number of aromatic nitrogens is 1. The van der Waals surface area contributed by atoms with E-state index in [-0.39, 0.29) is 10.9 Å². The number of pyridine rings is 1. The van der Waals surface area contributed by atoms with Crippen molar-refractivity contribution in [3.8, 4) is 6.07 Å². The molecule has 0 radical (unpaired) electrons. The Labute approximate surface area is 70.4 Å². The summed E-state index contributed by atoms with van der Waals surface area (Å²) in [7, 11) is 2.04. The molecule has 1 rings (SSSR count). The van der Waals surface area contributed by atoms with E-state index >= 15 is 0 Å². The van der Waals surface area contributed by atoms with Crippen molar-refractivity contribution in [2.45, 2.75) is 6.92 Å². The van der Waals surface area contributed by atoms with Crippen LogP contribution in [0.25, 0.3) is 0 Å². The van der Waals surface area contributed by atoms with E-state index in [4.69, 9.17) is 5.26 Å². The van der Waals surface area contributed by atoms with Crippen LogP contribution in [0.4, 0.5) is 8.78 Å². The van der Waals surface area contributed by atoms with E-state index in [0.717, 1.165) is 0 Å². The molecule has 62 valence electrons. The largest absolute Gasteiger partial charge is 0.221 e. The molecule has 1 atom stereocenters. The molecule has 0 saturated carbocycles. The van der Waals surface area contributed by atoms with Crippen LogP contribution < -0.4 is 5.30 Å². The molecule has 1 aromatic heterocycles. The van der Waals surface area contributed by atoms with Gasteiger partial charge in [0, 0.05) is 5.30 Å². The Morgan fingerprint density at radius 1 is 1.50 bits per heavy atom. The fourth-order valence-corrected chi connectivity index (χ4v) is 0.923. The summed E-state index contributed by atoms with van der Waals surface area (Å²) in [6.07, 6.45) is 0. The van der Waals surface area contributed by atoms with Crippen LogP contribution in [0.5, 0.6) is 0 Å². The molecule has 0 aliphatic heterocycles. The summed E-state index contributed by atoms with van der Waals surface area (Å²) in [6.45, 7) is 1.39. The maximum Gasteiger partial charge on any atom is 0.221 e. The second-order valence-corrected chi connectivity index (χ2v) is 2.79. The van der Waals surface area contributed by atoms with Gasteiger partial charge >= 0.3 is 0 Å². The second-order valence-electron chi connectivity index (χ2n) is 2.22. The van der Waals surface area contributed by atoms with E-state index < -0.39 is 17.5 Å². The molecule has 1 heterocycles. The van der Waals surface area contributed by atoms with Crippen molar-refractivity contribution in [3.05, 3.63) is 23.0 Å². The van der Waals surface area contributed by atoms with E-state index in [0.29, 0.717) is 0 Å². The number of hydrogen-bond donors (Lipinski definition) is 0. The Morgan fingerprint density at radius 2 is 2.08 bits per heavy atom. The molecule has 0 N–H and O–H groups in total. The van der Waals surface area contributed by atoms with Crippen molar-refractivity contribution < 1.29 is 8.78 Å². The van der Waals surface area contributed by atoms with E-state index in [1.54, 1.807) is 0 Å². The minimum Gasteiger partial charge on any atom is -0.205 e. The zero-order valence-corrected chi connectivity index (χ0v) is 7.38. The van der Waals surface area contributed by atoms with Crippen molar-refractivity contribution in [1.82, 2.24) is 4.98 Å². The number of hydrogen-bond acceptors (Lipinski definition) is 2. The van der Waals surface area contributed by atoms with Crippen LogP contribution >= 0.6 is 9.24 Å². The van der Waals surface area contributed by atoms with E-state index in [1.807, 2.05) is 9.24 Å². The van der Waals surface area contributed by atoms with Gasteiger partial charge in [0.1, 0.15) is 6.07 Å². The second kappa shape index (κ2) is 3.12. The molecule has 0 aliphatic rings. The zero-order valence-electron chi connectivity index (χ0n) is 6.23. The molecule has 0 spiro atoms. The average molecular weight is 186 g/mol. The van der Waals surface area contributed by atoms with Crippen LogP contribution in [0.1, 0.15) is 11.3 Å². The van der Waals surface area contributed by atoms with Gasteiger partial charge in [-0.1, -0.05) is 0 Å².